The van der Waals surface area contributed by atoms with E-state index in [-0.39, 0.29) is 28.4 Å². The summed E-state index contributed by atoms with van der Waals surface area (Å²) in [6.07, 6.45) is 4.06. The molecule has 0 saturated heterocycles. The van der Waals surface area contributed by atoms with Gasteiger partial charge in [0.05, 0.1) is 22.7 Å². The lowest BCUT2D eigenvalue weighted by molar-refractivity contribution is -0.130. The summed E-state index contributed by atoms with van der Waals surface area (Å²) < 4.78 is 33.0. The second kappa shape index (κ2) is 9.05. The second-order valence-electron chi connectivity index (χ2n) is 7.09. The van der Waals surface area contributed by atoms with E-state index >= 15 is 0 Å². The Balaban J connectivity index is 1.97. The molecule has 0 spiro atoms. The van der Waals surface area contributed by atoms with Crippen LogP contribution in [0, 0.1) is 0 Å². The molecule has 0 aliphatic heterocycles. The molecule has 6 nitrogen and oxygen atoms in total. The number of carbonyl (C=O) groups excluding carboxylic acids is 1. The van der Waals surface area contributed by atoms with Crippen molar-refractivity contribution in [2.75, 3.05) is 25.0 Å². The van der Waals surface area contributed by atoms with Crippen molar-refractivity contribution in [1.82, 2.24) is 4.90 Å². The highest BCUT2D eigenvalue weighted by atomic mass is 35.5. The summed E-state index contributed by atoms with van der Waals surface area (Å²) in [5.41, 5.74) is 0.313. The Bertz CT molecular complexity index is 960. The highest BCUT2D eigenvalue weighted by Crippen LogP contribution is 2.32. The number of hydrogen-bond donors (Lipinski definition) is 0. The topological polar surface area (TPSA) is 66.9 Å². The molecule has 1 aliphatic carbocycles. The van der Waals surface area contributed by atoms with E-state index in [1.54, 1.807) is 42.3 Å². The number of nitrogens with zero attached hydrogens (tertiary/aromatic N) is 2. The SMILES string of the molecule is COc1ccc(N(CC(=O)N(C)C2CCCC2)S(=O)(=O)c2ccccc2)cc1Cl. The first kappa shape index (κ1) is 21.5. The zero-order chi connectivity index (χ0) is 21.0. The summed E-state index contributed by atoms with van der Waals surface area (Å²) in [6.45, 7) is -0.299. The number of benzene rings is 2. The fourth-order valence-corrected chi connectivity index (χ4v) is 5.25. The third-order valence-corrected chi connectivity index (χ3v) is 7.38. The van der Waals surface area contributed by atoms with Crippen molar-refractivity contribution < 1.29 is 17.9 Å². The number of sulfonamides is 1. The van der Waals surface area contributed by atoms with Crippen molar-refractivity contribution >= 4 is 33.2 Å². The first-order chi connectivity index (χ1) is 13.8. The van der Waals surface area contributed by atoms with Gasteiger partial charge in [0.25, 0.3) is 10.0 Å². The van der Waals surface area contributed by atoms with Crippen LogP contribution in [0.25, 0.3) is 0 Å². The molecule has 0 unspecified atom stereocenters. The summed E-state index contributed by atoms with van der Waals surface area (Å²) in [5.74, 6) is 0.185. The van der Waals surface area contributed by atoms with Gasteiger partial charge in [-0.1, -0.05) is 42.6 Å². The lowest BCUT2D eigenvalue weighted by Crippen LogP contribution is -2.44. The monoisotopic (exact) mass is 436 g/mol. The Morgan fingerprint density at radius 1 is 1.14 bits per heavy atom. The molecule has 0 radical (unpaired) electrons. The van der Waals surface area contributed by atoms with Crippen molar-refractivity contribution in [1.29, 1.82) is 0 Å². The minimum atomic E-state index is -3.96. The van der Waals surface area contributed by atoms with Gasteiger partial charge in [0.2, 0.25) is 5.91 Å². The fraction of sp³-hybridized carbons (Fsp3) is 0.381. The minimum absolute atomic E-state index is 0.114. The van der Waals surface area contributed by atoms with Crippen molar-refractivity contribution in [3.63, 3.8) is 0 Å². The van der Waals surface area contributed by atoms with E-state index in [1.165, 1.54) is 25.3 Å². The summed E-state index contributed by atoms with van der Waals surface area (Å²) in [4.78, 5) is 14.7. The Hall–Kier alpha value is -2.25. The van der Waals surface area contributed by atoms with Gasteiger partial charge in [0.1, 0.15) is 12.3 Å². The smallest absolute Gasteiger partial charge is 0.264 e. The largest absolute Gasteiger partial charge is 0.495 e. The van der Waals surface area contributed by atoms with Crippen LogP contribution >= 0.6 is 11.6 Å². The average molecular weight is 437 g/mol. The highest BCUT2D eigenvalue weighted by Gasteiger charge is 2.31. The lowest BCUT2D eigenvalue weighted by Gasteiger charge is -2.29. The van der Waals surface area contributed by atoms with Gasteiger partial charge < -0.3 is 9.64 Å². The third-order valence-electron chi connectivity index (χ3n) is 5.30. The maximum atomic E-state index is 13.4. The molecule has 3 rings (SSSR count). The molecule has 1 amide bonds. The summed E-state index contributed by atoms with van der Waals surface area (Å²) in [5, 5.41) is 0.273. The molecule has 156 valence electrons. The average Bonchev–Trinajstić information content (AvgIpc) is 3.26. The van der Waals surface area contributed by atoms with Crippen LogP contribution in [0.4, 0.5) is 5.69 Å². The molecule has 0 N–H and O–H groups in total. The van der Waals surface area contributed by atoms with Gasteiger partial charge in [-0.15, -0.1) is 0 Å². The van der Waals surface area contributed by atoms with Gasteiger partial charge in [0, 0.05) is 13.1 Å². The van der Waals surface area contributed by atoms with Crippen LogP contribution in [0.15, 0.2) is 53.4 Å². The highest BCUT2D eigenvalue weighted by molar-refractivity contribution is 7.92. The molecule has 29 heavy (non-hydrogen) atoms. The van der Waals surface area contributed by atoms with Crippen LogP contribution in [-0.4, -0.2) is 46.0 Å². The van der Waals surface area contributed by atoms with E-state index in [0.29, 0.717) is 11.4 Å². The van der Waals surface area contributed by atoms with Gasteiger partial charge in [-0.2, -0.15) is 0 Å². The molecule has 0 atom stereocenters. The molecular formula is C21H25ClN2O4S. The minimum Gasteiger partial charge on any atom is -0.495 e. The fourth-order valence-electron chi connectivity index (χ4n) is 3.57. The van der Waals surface area contributed by atoms with Crippen LogP contribution in [0.1, 0.15) is 25.7 Å². The molecular weight excluding hydrogens is 412 g/mol. The van der Waals surface area contributed by atoms with E-state index in [2.05, 4.69) is 0 Å². The van der Waals surface area contributed by atoms with Gasteiger partial charge >= 0.3 is 0 Å². The lowest BCUT2D eigenvalue weighted by atomic mass is 10.2. The molecule has 1 aliphatic rings. The maximum Gasteiger partial charge on any atom is 0.264 e. The van der Waals surface area contributed by atoms with Crippen LogP contribution in [0.3, 0.4) is 0 Å². The number of ether oxygens (including phenoxy) is 1. The van der Waals surface area contributed by atoms with E-state index in [0.717, 1.165) is 30.0 Å². The summed E-state index contributed by atoms with van der Waals surface area (Å²) in [6, 6.07) is 12.9. The summed E-state index contributed by atoms with van der Waals surface area (Å²) in [7, 11) is -0.728. The normalized spacial score (nSPS) is 14.6. The van der Waals surface area contributed by atoms with Crippen molar-refractivity contribution in [3.8, 4) is 5.75 Å². The molecule has 0 aromatic heterocycles. The van der Waals surface area contributed by atoms with Crippen molar-refractivity contribution in [2.24, 2.45) is 0 Å². The Morgan fingerprint density at radius 2 is 1.79 bits per heavy atom. The first-order valence-corrected chi connectivity index (χ1v) is 11.3. The van der Waals surface area contributed by atoms with Crippen molar-refractivity contribution in [2.45, 2.75) is 36.6 Å². The maximum absolute atomic E-state index is 13.4. The number of methoxy groups -OCH3 is 1. The zero-order valence-electron chi connectivity index (χ0n) is 16.5. The number of carbonyl (C=O) groups is 1. The third kappa shape index (κ3) is 4.67. The number of anilines is 1. The summed E-state index contributed by atoms with van der Waals surface area (Å²) >= 11 is 6.23. The van der Waals surface area contributed by atoms with Gasteiger partial charge in [0.15, 0.2) is 0 Å². The van der Waals surface area contributed by atoms with Gasteiger partial charge in [-0.05, 0) is 43.2 Å². The molecule has 2 aromatic carbocycles. The Morgan fingerprint density at radius 3 is 2.38 bits per heavy atom. The standard InChI is InChI=1S/C21H25ClN2O4S/c1-23(16-8-6-7-9-16)21(25)15-24(17-12-13-20(28-2)19(22)14-17)29(26,27)18-10-4-3-5-11-18/h3-5,10-14,16H,6-9,15H2,1-2H3. The van der Waals surface area contributed by atoms with Gasteiger partial charge in [-0.25, -0.2) is 8.42 Å². The number of rotatable bonds is 7. The molecule has 1 fully saturated rings. The number of amides is 1. The number of likely N-dealkylation sites (N-methyl/N-ethyl adjacent to an activating group) is 1. The van der Waals surface area contributed by atoms with E-state index < -0.39 is 10.0 Å². The van der Waals surface area contributed by atoms with E-state index in [9.17, 15) is 13.2 Å². The van der Waals surface area contributed by atoms with E-state index in [1.807, 2.05) is 0 Å². The predicted molar refractivity (Wildman–Crippen MR) is 114 cm³/mol. The molecule has 2 aromatic rings. The Kier molecular flexibility index (Phi) is 6.70. The molecule has 8 heteroatoms. The molecule has 0 heterocycles. The van der Waals surface area contributed by atoms with Crippen LogP contribution in [0.2, 0.25) is 5.02 Å². The quantitative estimate of drug-likeness (QED) is 0.659. The van der Waals surface area contributed by atoms with Gasteiger partial charge in [-0.3, -0.25) is 9.10 Å². The molecule has 1 saturated carbocycles. The van der Waals surface area contributed by atoms with Crippen LogP contribution in [0.5, 0.6) is 5.75 Å². The zero-order valence-corrected chi connectivity index (χ0v) is 18.1. The Labute approximate surface area is 177 Å². The predicted octanol–water partition coefficient (Wildman–Crippen LogP) is 3.94. The van der Waals surface area contributed by atoms with E-state index in [4.69, 9.17) is 16.3 Å². The first-order valence-electron chi connectivity index (χ1n) is 9.51. The number of hydrogen-bond acceptors (Lipinski definition) is 4. The second-order valence-corrected chi connectivity index (χ2v) is 9.36. The molecule has 0 bridgehead atoms. The van der Waals surface area contributed by atoms with Crippen molar-refractivity contribution in [3.05, 3.63) is 53.6 Å². The number of halogens is 1. The van der Waals surface area contributed by atoms with Crippen LogP contribution < -0.4 is 9.04 Å². The van der Waals surface area contributed by atoms with Crippen LogP contribution in [-0.2, 0) is 14.8 Å².